The Morgan fingerprint density at radius 3 is 2.43 bits per heavy atom. The fourth-order valence-corrected chi connectivity index (χ4v) is 2.36. The highest BCUT2D eigenvalue weighted by Crippen LogP contribution is 2.33. The van der Waals surface area contributed by atoms with Gasteiger partial charge in [0.25, 0.3) is 6.43 Å². The second-order valence-corrected chi connectivity index (χ2v) is 4.80. The first-order valence-electron chi connectivity index (χ1n) is 6.57. The monoisotopic (exact) mass is 284 g/mol. The van der Waals surface area contributed by atoms with Crippen molar-refractivity contribution < 1.29 is 8.78 Å². The van der Waals surface area contributed by atoms with Crippen LogP contribution in [0.3, 0.4) is 0 Å². The molecule has 106 valence electrons. The summed E-state index contributed by atoms with van der Waals surface area (Å²) < 4.78 is 26.3. The van der Waals surface area contributed by atoms with Gasteiger partial charge in [0, 0.05) is 28.0 Å². The van der Waals surface area contributed by atoms with E-state index in [-0.39, 0.29) is 5.56 Å². The molecule has 0 bridgehead atoms. The minimum Gasteiger partial charge on any atom is -0.399 e. The molecule has 0 saturated carbocycles. The molecule has 0 spiro atoms. The number of halogens is 2. The largest absolute Gasteiger partial charge is 0.399 e. The summed E-state index contributed by atoms with van der Waals surface area (Å²) in [6, 6.07) is 18.0. The second kappa shape index (κ2) is 5.40. The Bertz CT molecular complexity index is 779. The zero-order valence-corrected chi connectivity index (χ0v) is 11.2. The summed E-state index contributed by atoms with van der Waals surface area (Å²) in [6.45, 7) is 0. The lowest BCUT2D eigenvalue weighted by Gasteiger charge is -2.14. The van der Waals surface area contributed by atoms with E-state index in [0.29, 0.717) is 11.4 Å². The molecule has 0 atom stereocenters. The van der Waals surface area contributed by atoms with Crippen molar-refractivity contribution in [2.75, 3.05) is 11.1 Å². The summed E-state index contributed by atoms with van der Waals surface area (Å²) in [4.78, 5) is 0. The van der Waals surface area contributed by atoms with Crippen molar-refractivity contribution in [2.24, 2.45) is 0 Å². The number of nitrogen functional groups attached to an aromatic ring is 1. The topological polar surface area (TPSA) is 38.0 Å². The third kappa shape index (κ3) is 2.65. The molecule has 0 aliphatic carbocycles. The molecule has 3 aromatic carbocycles. The first kappa shape index (κ1) is 13.4. The predicted molar refractivity (Wildman–Crippen MR) is 83.0 cm³/mol. The van der Waals surface area contributed by atoms with E-state index < -0.39 is 6.43 Å². The Morgan fingerprint density at radius 1 is 0.857 bits per heavy atom. The van der Waals surface area contributed by atoms with Crippen molar-refractivity contribution in [2.45, 2.75) is 6.43 Å². The van der Waals surface area contributed by atoms with Crippen LogP contribution in [0, 0.1) is 0 Å². The van der Waals surface area contributed by atoms with Crippen LogP contribution in [-0.4, -0.2) is 0 Å². The van der Waals surface area contributed by atoms with Crippen LogP contribution in [0.25, 0.3) is 10.8 Å². The van der Waals surface area contributed by atoms with Crippen LogP contribution in [0.5, 0.6) is 0 Å². The third-order valence-corrected chi connectivity index (χ3v) is 3.37. The van der Waals surface area contributed by atoms with Gasteiger partial charge < -0.3 is 11.1 Å². The van der Waals surface area contributed by atoms with Gasteiger partial charge in [-0.3, -0.25) is 0 Å². The van der Waals surface area contributed by atoms with E-state index in [1.54, 1.807) is 12.1 Å². The molecule has 0 aromatic heterocycles. The van der Waals surface area contributed by atoms with Gasteiger partial charge in [-0.2, -0.15) is 0 Å². The number of hydrogen-bond donors (Lipinski definition) is 2. The first-order valence-corrected chi connectivity index (χ1v) is 6.57. The van der Waals surface area contributed by atoms with Gasteiger partial charge in [0.1, 0.15) is 0 Å². The molecule has 3 N–H and O–H groups in total. The molecule has 0 radical (unpaired) electrons. The van der Waals surface area contributed by atoms with E-state index >= 15 is 0 Å². The Balaban J connectivity index is 2.07. The van der Waals surface area contributed by atoms with Gasteiger partial charge in [0.15, 0.2) is 0 Å². The minimum atomic E-state index is -2.58. The maximum Gasteiger partial charge on any atom is 0.265 e. The molecule has 21 heavy (non-hydrogen) atoms. The predicted octanol–water partition coefficient (Wildman–Crippen LogP) is 5.10. The molecule has 4 heteroatoms. The molecular formula is C17H14F2N2. The maximum atomic E-state index is 13.1. The SMILES string of the molecule is Nc1ccc(Nc2cccc3ccccc23)c(C(F)F)c1. The van der Waals surface area contributed by atoms with E-state index in [0.717, 1.165) is 16.5 Å². The third-order valence-electron chi connectivity index (χ3n) is 3.37. The Labute approximate surface area is 121 Å². The van der Waals surface area contributed by atoms with E-state index in [4.69, 9.17) is 5.73 Å². The zero-order valence-electron chi connectivity index (χ0n) is 11.2. The fourth-order valence-electron chi connectivity index (χ4n) is 2.36. The zero-order chi connectivity index (χ0) is 14.8. The summed E-state index contributed by atoms with van der Waals surface area (Å²) in [7, 11) is 0. The summed E-state index contributed by atoms with van der Waals surface area (Å²) >= 11 is 0. The lowest BCUT2D eigenvalue weighted by Crippen LogP contribution is -1.99. The molecule has 3 rings (SSSR count). The highest BCUT2D eigenvalue weighted by Gasteiger charge is 2.14. The van der Waals surface area contributed by atoms with Crippen molar-refractivity contribution in [3.63, 3.8) is 0 Å². The second-order valence-electron chi connectivity index (χ2n) is 4.80. The number of hydrogen-bond acceptors (Lipinski definition) is 2. The fraction of sp³-hybridized carbons (Fsp3) is 0.0588. The highest BCUT2D eigenvalue weighted by atomic mass is 19.3. The summed E-state index contributed by atoms with van der Waals surface area (Å²) in [5.74, 6) is 0. The number of fused-ring (bicyclic) bond motifs is 1. The van der Waals surface area contributed by atoms with Crippen LogP contribution in [0.15, 0.2) is 60.7 Å². The maximum absolute atomic E-state index is 13.1. The van der Waals surface area contributed by atoms with Crippen LogP contribution in [0.1, 0.15) is 12.0 Å². The van der Waals surface area contributed by atoms with Crippen LogP contribution in [0.2, 0.25) is 0 Å². The first-order chi connectivity index (χ1) is 10.1. The molecule has 0 heterocycles. The highest BCUT2D eigenvalue weighted by molar-refractivity contribution is 5.95. The van der Waals surface area contributed by atoms with Crippen LogP contribution in [0.4, 0.5) is 25.8 Å². The number of benzene rings is 3. The van der Waals surface area contributed by atoms with E-state index in [2.05, 4.69) is 5.32 Å². The van der Waals surface area contributed by atoms with Gasteiger partial charge in [0.05, 0.1) is 0 Å². The van der Waals surface area contributed by atoms with Crippen LogP contribution < -0.4 is 11.1 Å². The van der Waals surface area contributed by atoms with Gasteiger partial charge in [0.2, 0.25) is 0 Å². The van der Waals surface area contributed by atoms with Crippen molar-refractivity contribution in [3.05, 3.63) is 66.2 Å². The molecule has 0 unspecified atom stereocenters. The molecule has 0 fully saturated rings. The van der Waals surface area contributed by atoms with Crippen LogP contribution in [-0.2, 0) is 0 Å². The van der Waals surface area contributed by atoms with Crippen molar-refractivity contribution >= 4 is 27.8 Å². The van der Waals surface area contributed by atoms with Crippen molar-refractivity contribution in [3.8, 4) is 0 Å². The normalized spacial score (nSPS) is 11.0. The van der Waals surface area contributed by atoms with Crippen molar-refractivity contribution in [1.29, 1.82) is 0 Å². The number of rotatable bonds is 3. The lowest BCUT2D eigenvalue weighted by atomic mass is 10.1. The van der Waals surface area contributed by atoms with Gasteiger partial charge in [-0.25, -0.2) is 8.78 Å². The average molecular weight is 284 g/mol. The Kier molecular flexibility index (Phi) is 3.44. The van der Waals surface area contributed by atoms with Crippen molar-refractivity contribution in [1.82, 2.24) is 0 Å². The number of nitrogens with two attached hydrogens (primary N) is 1. The molecule has 0 aliphatic heterocycles. The smallest absolute Gasteiger partial charge is 0.265 e. The van der Waals surface area contributed by atoms with Gasteiger partial charge in [-0.05, 0) is 29.7 Å². The van der Waals surface area contributed by atoms with Gasteiger partial charge in [-0.1, -0.05) is 36.4 Å². The molecule has 0 aliphatic rings. The average Bonchev–Trinajstić information content (AvgIpc) is 2.49. The minimum absolute atomic E-state index is 0.0945. The summed E-state index contributed by atoms with van der Waals surface area (Å²) in [6.07, 6.45) is -2.58. The van der Waals surface area contributed by atoms with E-state index in [1.807, 2.05) is 42.5 Å². The number of alkyl halides is 2. The van der Waals surface area contributed by atoms with E-state index in [1.165, 1.54) is 6.07 Å². The molecule has 0 amide bonds. The molecular weight excluding hydrogens is 270 g/mol. The Hall–Kier alpha value is -2.62. The standard InChI is InChI=1S/C17H14F2N2/c18-17(19)14-10-12(20)8-9-16(14)21-15-7-3-5-11-4-1-2-6-13(11)15/h1-10,17,21H,20H2. The van der Waals surface area contributed by atoms with Crippen LogP contribution >= 0.6 is 0 Å². The number of anilines is 3. The van der Waals surface area contributed by atoms with Gasteiger partial charge in [-0.15, -0.1) is 0 Å². The Morgan fingerprint density at radius 2 is 1.62 bits per heavy atom. The van der Waals surface area contributed by atoms with Gasteiger partial charge >= 0.3 is 0 Å². The van der Waals surface area contributed by atoms with E-state index in [9.17, 15) is 8.78 Å². The quantitative estimate of drug-likeness (QED) is 0.656. The lowest BCUT2D eigenvalue weighted by molar-refractivity contribution is 0.152. The summed E-state index contributed by atoms with van der Waals surface area (Å²) in [5, 5.41) is 5.12. The molecule has 3 aromatic rings. The molecule has 2 nitrogen and oxygen atoms in total. The summed E-state index contributed by atoms with van der Waals surface area (Å²) in [5.41, 5.74) is 6.98. The number of nitrogens with one attached hydrogen (secondary N) is 1. The molecule has 0 saturated heterocycles.